The van der Waals surface area contributed by atoms with E-state index in [1.54, 1.807) is 67.5 Å². The van der Waals surface area contributed by atoms with Crippen molar-refractivity contribution in [3.05, 3.63) is 60.0 Å². The molecule has 154 valence electrons. The largest absolute Gasteiger partial charge is 0.497 e. The summed E-state index contributed by atoms with van der Waals surface area (Å²) in [5, 5.41) is 8.01. The van der Waals surface area contributed by atoms with Gasteiger partial charge >= 0.3 is 5.97 Å². The van der Waals surface area contributed by atoms with Crippen molar-refractivity contribution in [2.24, 2.45) is 0 Å². The van der Waals surface area contributed by atoms with Crippen LogP contribution in [0, 0.1) is 0 Å². The Morgan fingerprint density at radius 2 is 1.83 bits per heavy atom. The van der Waals surface area contributed by atoms with Gasteiger partial charge < -0.3 is 18.8 Å². The first-order chi connectivity index (χ1) is 14.5. The van der Waals surface area contributed by atoms with Crippen LogP contribution in [-0.2, 0) is 9.53 Å². The molecule has 1 aliphatic heterocycles. The monoisotopic (exact) mass is 407 g/mol. The van der Waals surface area contributed by atoms with E-state index in [9.17, 15) is 9.59 Å². The Balaban J connectivity index is 1.41. The van der Waals surface area contributed by atoms with Crippen LogP contribution in [0.5, 0.6) is 5.75 Å². The molecule has 0 aliphatic carbocycles. The minimum absolute atomic E-state index is 0.100. The fourth-order valence-corrected chi connectivity index (χ4v) is 3.23. The van der Waals surface area contributed by atoms with Gasteiger partial charge in [0.25, 0.3) is 5.89 Å². The molecule has 3 aromatic rings. The number of aromatic nitrogens is 2. The number of esters is 1. The van der Waals surface area contributed by atoms with E-state index in [1.165, 1.54) is 0 Å². The molecule has 4 rings (SSSR count). The standard InChI is InChI=1S/C22H21N3O5/c1-14(20-23-24-21(30-20)15-7-11-18(28-2)12-8-15)29-22(27)16-5-9-17(10-6-16)25-13-3-4-19(25)26/h5-12,14H,3-4,13H2,1-2H3/t14-/m1/s1. The van der Waals surface area contributed by atoms with Gasteiger partial charge in [-0.05, 0) is 61.9 Å². The van der Waals surface area contributed by atoms with Gasteiger partial charge in [0.05, 0.1) is 12.7 Å². The van der Waals surface area contributed by atoms with Crippen LogP contribution in [0.4, 0.5) is 5.69 Å². The highest BCUT2D eigenvalue weighted by Gasteiger charge is 2.23. The van der Waals surface area contributed by atoms with Crippen LogP contribution in [0.15, 0.2) is 52.9 Å². The molecule has 2 heterocycles. The number of rotatable bonds is 6. The van der Waals surface area contributed by atoms with Crippen molar-refractivity contribution in [1.82, 2.24) is 10.2 Å². The number of amides is 1. The number of carbonyl (C=O) groups excluding carboxylic acids is 2. The van der Waals surface area contributed by atoms with Gasteiger partial charge in [0, 0.05) is 24.2 Å². The number of hydrogen-bond acceptors (Lipinski definition) is 7. The number of hydrogen-bond donors (Lipinski definition) is 0. The van der Waals surface area contributed by atoms with Crippen LogP contribution in [0.3, 0.4) is 0 Å². The Hall–Kier alpha value is -3.68. The summed E-state index contributed by atoms with van der Waals surface area (Å²) in [6.07, 6.45) is 0.698. The lowest BCUT2D eigenvalue weighted by atomic mass is 10.2. The van der Waals surface area contributed by atoms with Crippen LogP contribution >= 0.6 is 0 Å². The summed E-state index contributed by atoms with van der Waals surface area (Å²) >= 11 is 0. The van der Waals surface area contributed by atoms with E-state index < -0.39 is 12.1 Å². The Kier molecular flexibility index (Phi) is 5.47. The van der Waals surface area contributed by atoms with Crippen molar-refractivity contribution in [3.8, 4) is 17.2 Å². The molecule has 1 atom stereocenters. The van der Waals surface area contributed by atoms with Gasteiger partial charge in [-0.1, -0.05) is 0 Å². The minimum Gasteiger partial charge on any atom is -0.497 e. The predicted octanol–water partition coefficient (Wildman–Crippen LogP) is 3.79. The quantitative estimate of drug-likeness (QED) is 0.574. The van der Waals surface area contributed by atoms with E-state index in [1.807, 2.05) is 0 Å². The Morgan fingerprint density at radius 3 is 2.47 bits per heavy atom. The van der Waals surface area contributed by atoms with Crippen molar-refractivity contribution in [3.63, 3.8) is 0 Å². The third kappa shape index (κ3) is 4.03. The van der Waals surface area contributed by atoms with E-state index in [0.29, 0.717) is 24.4 Å². The Bertz CT molecular complexity index is 1040. The molecule has 8 heteroatoms. The molecule has 1 aliphatic rings. The maximum atomic E-state index is 12.5. The van der Waals surface area contributed by atoms with E-state index in [0.717, 1.165) is 23.4 Å². The molecule has 1 amide bonds. The van der Waals surface area contributed by atoms with Crippen molar-refractivity contribution in [2.75, 3.05) is 18.6 Å². The summed E-state index contributed by atoms with van der Waals surface area (Å²) in [5.41, 5.74) is 1.90. The number of benzene rings is 2. The van der Waals surface area contributed by atoms with Crippen molar-refractivity contribution in [1.29, 1.82) is 0 Å². The smallest absolute Gasteiger partial charge is 0.338 e. The van der Waals surface area contributed by atoms with Crippen LogP contribution in [-0.4, -0.2) is 35.7 Å². The summed E-state index contributed by atoms with van der Waals surface area (Å²) in [7, 11) is 1.59. The average Bonchev–Trinajstić information content (AvgIpc) is 3.43. The van der Waals surface area contributed by atoms with Crippen molar-refractivity contribution < 1.29 is 23.5 Å². The molecular weight excluding hydrogens is 386 g/mol. The Labute approximate surface area is 173 Å². The zero-order valence-corrected chi connectivity index (χ0v) is 16.7. The number of anilines is 1. The molecule has 0 saturated carbocycles. The number of methoxy groups -OCH3 is 1. The zero-order chi connectivity index (χ0) is 21.1. The van der Waals surface area contributed by atoms with Gasteiger partial charge in [0.1, 0.15) is 5.75 Å². The summed E-state index contributed by atoms with van der Waals surface area (Å²) in [5.74, 6) is 0.846. The zero-order valence-electron chi connectivity index (χ0n) is 16.7. The fraction of sp³-hybridized carbons (Fsp3) is 0.273. The molecule has 0 N–H and O–H groups in total. The third-order valence-electron chi connectivity index (χ3n) is 4.90. The highest BCUT2D eigenvalue weighted by molar-refractivity contribution is 5.96. The van der Waals surface area contributed by atoms with E-state index in [-0.39, 0.29) is 11.8 Å². The second-order valence-corrected chi connectivity index (χ2v) is 6.92. The van der Waals surface area contributed by atoms with E-state index in [4.69, 9.17) is 13.9 Å². The normalized spacial score (nSPS) is 14.6. The van der Waals surface area contributed by atoms with Gasteiger partial charge in [0.15, 0.2) is 6.10 Å². The second kappa shape index (κ2) is 8.36. The molecular formula is C22H21N3O5. The van der Waals surface area contributed by atoms with Crippen LogP contribution in [0.25, 0.3) is 11.5 Å². The lowest BCUT2D eigenvalue weighted by molar-refractivity contribution is -0.117. The molecule has 0 spiro atoms. The first-order valence-electron chi connectivity index (χ1n) is 9.64. The van der Waals surface area contributed by atoms with Gasteiger partial charge in [-0.3, -0.25) is 4.79 Å². The van der Waals surface area contributed by atoms with Crippen molar-refractivity contribution in [2.45, 2.75) is 25.9 Å². The molecule has 1 aromatic heterocycles. The summed E-state index contributed by atoms with van der Waals surface area (Å²) in [4.78, 5) is 26.0. The number of ether oxygens (including phenoxy) is 2. The topological polar surface area (TPSA) is 94.8 Å². The summed E-state index contributed by atoms with van der Waals surface area (Å²) in [6.45, 7) is 2.37. The second-order valence-electron chi connectivity index (χ2n) is 6.92. The predicted molar refractivity (Wildman–Crippen MR) is 108 cm³/mol. The first kappa shape index (κ1) is 19.6. The summed E-state index contributed by atoms with van der Waals surface area (Å²) in [6, 6.07) is 14.0. The highest BCUT2D eigenvalue weighted by atomic mass is 16.6. The Morgan fingerprint density at radius 1 is 1.10 bits per heavy atom. The molecule has 30 heavy (non-hydrogen) atoms. The van der Waals surface area contributed by atoms with Gasteiger partial charge in [0.2, 0.25) is 11.8 Å². The van der Waals surface area contributed by atoms with Crippen LogP contribution in [0.1, 0.15) is 42.1 Å². The van der Waals surface area contributed by atoms with E-state index in [2.05, 4.69) is 10.2 Å². The SMILES string of the molecule is COc1ccc(-c2nnc([C@@H](C)OC(=O)c3ccc(N4CCCC4=O)cc3)o2)cc1. The molecule has 8 nitrogen and oxygen atoms in total. The third-order valence-corrected chi connectivity index (χ3v) is 4.90. The first-order valence-corrected chi connectivity index (χ1v) is 9.64. The summed E-state index contributed by atoms with van der Waals surface area (Å²) < 4.78 is 16.2. The van der Waals surface area contributed by atoms with Crippen molar-refractivity contribution >= 4 is 17.6 Å². The maximum Gasteiger partial charge on any atom is 0.338 e. The van der Waals surface area contributed by atoms with Crippen LogP contribution < -0.4 is 9.64 Å². The van der Waals surface area contributed by atoms with Gasteiger partial charge in [-0.15, -0.1) is 10.2 Å². The molecule has 0 unspecified atom stereocenters. The van der Waals surface area contributed by atoms with Gasteiger partial charge in [-0.25, -0.2) is 4.79 Å². The highest BCUT2D eigenvalue weighted by Crippen LogP contribution is 2.26. The lowest BCUT2D eigenvalue weighted by Gasteiger charge is -2.16. The molecule has 1 fully saturated rings. The molecule has 0 radical (unpaired) electrons. The van der Waals surface area contributed by atoms with E-state index >= 15 is 0 Å². The van der Waals surface area contributed by atoms with Gasteiger partial charge in [-0.2, -0.15) is 0 Å². The number of nitrogens with zero attached hydrogens (tertiary/aromatic N) is 3. The molecule has 1 saturated heterocycles. The van der Waals surface area contributed by atoms with Crippen LogP contribution in [0.2, 0.25) is 0 Å². The fourth-order valence-electron chi connectivity index (χ4n) is 3.23. The molecule has 0 bridgehead atoms. The average molecular weight is 407 g/mol. The molecule has 2 aromatic carbocycles. The minimum atomic E-state index is -0.711. The maximum absolute atomic E-state index is 12.5. The number of carbonyl (C=O) groups is 2. The lowest BCUT2D eigenvalue weighted by Crippen LogP contribution is -2.23.